The van der Waals surface area contributed by atoms with Gasteiger partial charge in [-0.15, -0.1) is 0 Å². The van der Waals surface area contributed by atoms with Gasteiger partial charge in [-0.1, -0.05) is 135 Å². The lowest BCUT2D eigenvalue weighted by molar-refractivity contribution is -0.220. The Balaban J connectivity index is 2.65. The molecule has 1 saturated carbocycles. The zero-order valence-electron chi connectivity index (χ0n) is 33.8. The summed E-state index contributed by atoms with van der Waals surface area (Å²) in [4.78, 5) is 35.4. The van der Waals surface area contributed by atoms with Crippen molar-refractivity contribution in [3.63, 3.8) is 0 Å². The molecule has 0 aromatic heterocycles. The minimum Gasteiger partial charge on any atom is -0.462 e. The maximum Gasteiger partial charge on any atom is 0.472 e. The SMILES string of the molecule is CC/C=C/C=C/C=C/C=C/C=C/CCCC(=O)OC(COC(=O)CC/C=C/C/C=C/C/C=C/C/C=C/C/C=C/CC)COP(=O)(O)OC1C(O)C(O)C(O)[C@H](O)C1O. The van der Waals surface area contributed by atoms with Gasteiger partial charge in [-0.05, 0) is 57.8 Å². The van der Waals surface area contributed by atoms with E-state index in [1.807, 2.05) is 79.0 Å². The fourth-order valence-electron chi connectivity index (χ4n) is 5.01. The van der Waals surface area contributed by atoms with Crippen molar-refractivity contribution in [3.05, 3.63) is 122 Å². The van der Waals surface area contributed by atoms with Gasteiger partial charge in [0.15, 0.2) is 6.10 Å². The van der Waals surface area contributed by atoms with Crippen molar-refractivity contribution in [2.75, 3.05) is 13.2 Å². The van der Waals surface area contributed by atoms with Crippen LogP contribution in [0.2, 0.25) is 0 Å². The quantitative estimate of drug-likeness (QED) is 0.0154. The number of ether oxygens (including phenoxy) is 2. The summed E-state index contributed by atoms with van der Waals surface area (Å²) in [5, 5.41) is 50.0. The zero-order valence-corrected chi connectivity index (χ0v) is 34.7. The molecule has 324 valence electrons. The number of aliphatic hydroxyl groups is 5. The molecule has 1 fully saturated rings. The number of rotatable bonds is 29. The highest BCUT2D eigenvalue weighted by atomic mass is 31.2. The number of unbranched alkanes of at least 4 members (excludes halogenated alkanes) is 1. The summed E-state index contributed by atoms with van der Waals surface area (Å²) in [6, 6.07) is 0. The second-order valence-electron chi connectivity index (χ2n) is 13.1. The summed E-state index contributed by atoms with van der Waals surface area (Å²) >= 11 is 0. The van der Waals surface area contributed by atoms with Gasteiger partial charge in [-0.2, -0.15) is 0 Å². The lowest BCUT2D eigenvalue weighted by Crippen LogP contribution is -2.64. The van der Waals surface area contributed by atoms with Gasteiger partial charge in [0.2, 0.25) is 0 Å². The summed E-state index contributed by atoms with van der Waals surface area (Å²) in [7, 11) is -5.16. The second kappa shape index (κ2) is 33.1. The predicted octanol–water partition coefficient (Wildman–Crippen LogP) is 6.65. The number of phosphoric ester groups is 1. The topological polar surface area (TPSA) is 210 Å². The molecule has 0 aromatic rings. The largest absolute Gasteiger partial charge is 0.472 e. The predicted molar refractivity (Wildman–Crippen MR) is 225 cm³/mol. The molecule has 0 spiro atoms. The van der Waals surface area contributed by atoms with Crippen molar-refractivity contribution in [1.82, 2.24) is 0 Å². The summed E-state index contributed by atoms with van der Waals surface area (Å²) in [6.45, 7) is 2.86. The number of aliphatic hydroxyl groups excluding tert-OH is 5. The third-order valence-corrected chi connectivity index (χ3v) is 9.18. The van der Waals surface area contributed by atoms with Gasteiger partial charge in [0.1, 0.15) is 43.2 Å². The lowest BCUT2D eigenvalue weighted by atomic mass is 9.85. The molecule has 7 unspecified atom stereocenters. The van der Waals surface area contributed by atoms with E-state index < -0.39 is 75.7 Å². The molecule has 58 heavy (non-hydrogen) atoms. The van der Waals surface area contributed by atoms with Crippen LogP contribution in [0.5, 0.6) is 0 Å². The van der Waals surface area contributed by atoms with Crippen LogP contribution in [0.3, 0.4) is 0 Å². The molecular weight excluding hydrogens is 767 g/mol. The molecule has 0 heterocycles. The van der Waals surface area contributed by atoms with Crippen LogP contribution in [0.15, 0.2) is 122 Å². The number of allylic oxidation sites excluding steroid dienone is 20. The van der Waals surface area contributed by atoms with E-state index in [-0.39, 0.29) is 12.8 Å². The van der Waals surface area contributed by atoms with Crippen LogP contribution >= 0.6 is 7.82 Å². The van der Waals surface area contributed by atoms with E-state index >= 15 is 0 Å². The first-order valence-corrected chi connectivity index (χ1v) is 21.4. The Morgan fingerprint density at radius 2 is 1.02 bits per heavy atom. The van der Waals surface area contributed by atoms with Gasteiger partial charge in [0.25, 0.3) is 0 Å². The number of hydrogen-bond donors (Lipinski definition) is 6. The molecular formula is C44H65O13P. The fraction of sp³-hybridized carbons (Fsp3) is 0.500. The first-order chi connectivity index (χ1) is 27.9. The number of carbonyl (C=O) groups is 2. The van der Waals surface area contributed by atoms with Gasteiger partial charge >= 0.3 is 19.8 Å². The molecule has 1 aliphatic rings. The van der Waals surface area contributed by atoms with E-state index in [4.69, 9.17) is 18.5 Å². The molecule has 0 bridgehead atoms. The minimum atomic E-state index is -5.16. The van der Waals surface area contributed by atoms with Crippen LogP contribution in [0.4, 0.5) is 0 Å². The Morgan fingerprint density at radius 1 is 0.552 bits per heavy atom. The Kier molecular flexibility index (Phi) is 29.8. The first-order valence-electron chi connectivity index (χ1n) is 19.9. The summed E-state index contributed by atoms with van der Waals surface area (Å²) < 4.78 is 33.2. The fourth-order valence-corrected chi connectivity index (χ4v) is 5.98. The highest BCUT2D eigenvalue weighted by Gasteiger charge is 2.51. The Bertz CT molecular complexity index is 1470. The maximum atomic E-state index is 12.8. The molecule has 0 amide bonds. The maximum absolute atomic E-state index is 12.8. The Hall–Kier alpha value is -3.75. The van der Waals surface area contributed by atoms with E-state index in [2.05, 4.69) is 56.4 Å². The van der Waals surface area contributed by atoms with Crippen LogP contribution in [0.25, 0.3) is 0 Å². The van der Waals surface area contributed by atoms with Gasteiger partial charge in [0.05, 0.1) is 6.61 Å². The zero-order chi connectivity index (χ0) is 42.9. The van der Waals surface area contributed by atoms with Gasteiger partial charge in [0, 0.05) is 12.8 Å². The Labute approximate surface area is 344 Å². The molecule has 8 atom stereocenters. The van der Waals surface area contributed by atoms with Crippen LogP contribution in [-0.2, 0) is 32.7 Å². The van der Waals surface area contributed by atoms with Crippen molar-refractivity contribution in [3.8, 4) is 0 Å². The van der Waals surface area contributed by atoms with Crippen LogP contribution in [0, 0.1) is 0 Å². The van der Waals surface area contributed by atoms with Crippen molar-refractivity contribution >= 4 is 19.8 Å². The smallest absolute Gasteiger partial charge is 0.462 e. The van der Waals surface area contributed by atoms with E-state index in [9.17, 15) is 44.6 Å². The van der Waals surface area contributed by atoms with E-state index in [1.165, 1.54) is 0 Å². The van der Waals surface area contributed by atoms with Crippen LogP contribution < -0.4 is 0 Å². The van der Waals surface area contributed by atoms with Gasteiger partial charge in [-0.25, -0.2) is 4.57 Å². The Morgan fingerprint density at radius 3 is 1.55 bits per heavy atom. The minimum absolute atomic E-state index is 0.0192. The van der Waals surface area contributed by atoms with Crippen LogP contribution in [0.1, 0.15) is 84.5 Å². The average Bonchev–Trinajstić information content (AvgIpc) is 3.20. The monoisotopic (exact) mass is 832 g/mol. The molecule has 0 radical (unpaired) electrons. The molecule has 0 aromatic carbocycles. The highest BCUT2D eigenvalue weighted by molar-refractivity contribution is 7.47. The third kappa shape index (κ3) is 25.6. The van der Waals surface area contributed by atoms with E-state index in [0.29, 0.717) is 25.7 Å². The summed E-state index contributed by atoms with van der Waals surface area (Å²) in [5.41, 5.74) is 0. The normalized spacial score (nSPS) is 23.8. The number of esters is 2. The standard InChI is InChI=1S/C44H65O13P/c1-3-5-7-9-11-13-15-17-18-19-21-22-24-26-28-30-32-37(45)54-34-36(35-55-58(52,53)57-44-42(50)40(48)39(47)41(49)43(44)51)56-38(46)33-31-29-27-25-23-20-16-14-12-10-8-6-4-2/h5-8,10-14,16-18,20-23,25-28,36,39-44,47-51H,3-4,9,15,19,24,29-35H2,1-2H3,(H,52,53)/b7-5+,8-6+,12-10+,13-11+,16-14+,18-17+,22-21+,23-20+,27-25+,28-26+/t36?,39?,40-,41?,42?,43?,44?/m0/s1. The first kappa shape index (κ1) is 52.3. The van der Waals surface area contributed by atoms with Crippen molar-refractivity contribution in [2.45, 2.75) is 127 Å². The molecule has 1 rings (SSSR count). The highest BCUT2D eigenvalue weighted by Crippen LogP contribution is 2.47. The second-order valence-corrected chi connectivity index (χ2v) is 14.5. The molecule has 0 aliphatic heterocycles. The molecule has 6 N–H and O–H groups in total. The average molecular weight is 833 g/mol. The van der Waals surface area contributed by atoms with E-state index in [1.54, 1.807) is 0 Å². The van der Waals surface area contributed by atoms with Crippen LogP contribution in [-0.4, -0.2) is 98.3 Å². The number of phosphoric acid groups is 1. The third-order valence-electron chi connectivity index (χ3n) is 8.19. The summed E-state index contributed by atoms with van der Waals surface area (Å²) in [6.07, 6.45) is 33.0. The van der Waals surface area contributed by atoms with Crippen molar-refractivity contribution in [2.24, 2.45) is 0 Å². The molecule has 0 saturated heterocycles. The van der Waals surface area contributed by atoms with Gasteiger partial charge < -0.3 is 39.9 Å². The van der Waals surface area contributed by atoms with Gasteiger partial charge in [-0.3, -0.25) is 18.6 Å². The number of hydrogen-bond acceptors (Lipinski definition) is 12. The van der Waals surface area contributed by atoms with Crippen molar-refractivity contribution < 1.29 is 63.1 Å². The lowest BCUT2D eigenvalue weighted by Gasteiger charge is -2.41. The molecule has 1 aliphatic carbocycles. The molecule has 14 heteroatoms. The van der Waals surface area contributed by atoms with E-state index in [0.717, 1.165) is 32.1 Å². The summed E-state index contributed by atoms with van der Waals surface area (Å²) in [5.74, 6) is -1.30. The number of carbonyl (C=O) groups excluding carboxylic acids is 2. The van der Waals surface area contributed by atoms with Crippen molar-refractivity contribution in [1.29, 1.82) is 0 Å². The molecule has 13 nitrogen and oxygen atoms in total.